The zero-order chi connectivity index (χ0) is 12.8. The summed E-state index contributed by atoms with van der Waals surface area (Å²) in [5, 5.41) is 0.438. The molecule has 0 fully saturated rings. The van der Waals surface area contributed by atoms with E-state index >= 15 is 0 Å². The fraction of sp³-hybridized carbons (Fsp3) is 0.714. The molecule has 0 aliphatic heterocycles. The predicted molar refractivity (Wildman–Crippen MR) is 79.9 cm³/mol. The summed E-state index contributed by atoms with van der Waals surface area (Å²) in [6.07, 6.45) is 0. The highest BCUT2D eigenvalue weighted by Crippen LogP contribution is 2.38. The molecular weight excluding hydrogens is 228 g/mol. The SMILES string of the molecule is CC(C)(C)c1ccc([Si](C)(C)C(C)(C)C)s1. The van der Waals surface area contributed by atoms with Gasteiger partial charge in [0, 0.05) is 4.88 Å². The number of hydrogen-bond acceptors (Lipinski definition) is 1. The van der Waals surface area contributed by atoms with Crippen LogP contribution in [0.2, 0.25) is 18.1 Å². The summed E-state index contributed by atoms with van der Waals surface area (Å²) in [6, 6.07) is 4.71. The number of thiophene rings is 1. The third-order valence-electron chi connectivity index (χ3n) is 3.84. The van der Waals surface area contributed by atoms with Gasteiger partial charge >= 0.3 is 0 Å². The van der Waals surface area contributed by atoms with Crippen LogP contribution in [0.5, 0.6) is 0 Å². The second-order valence-electron chi connectivity index (χ2n) is 7.29. The van der Waals surface area contributed by atoms with Gasteiger partial charge in [0.05, 0.1) is 8.07 Å². The first-order valence-electron chi connectivity index (χ1n) is 6.07. The average molecular weight is 255 g/mol. The van der Waals surface area contributed by atoms with E-state index in [9.17, 15) is 0 Å². The van der Waals surface area contributed by atoms with Crippen LogP contribution in [0.25, 0.3) is 0 Å². The zero-order valence-electron chi connectivity index (χ0n) is 12.1. The van der Waals surface area contributed by atoms with Crippen LogP contribution in [-0.4, -0.2) is 8.07 Å². The standard InChI is InChI=1S/C14H26SSi/c1-13(2,3)11-9-10-12(15-11)16(7,8)14(4,5)6/h9-10H,1-8H3. The van der Waals surface area contributed by atoms with Crippen molar-refractivity contribution >= 4 is 23.9 Å². The van der Waals surface area contributed by atoms with Crippen molar-refractivity contribution in [3.8, 4) is 0 Å². The van der Waals surface area contributed by atoms with Gasteiger partial charge in [-0.05, 0) is 21.0 Å². The van der Waals surface area contributed by atoms with Crippen molar-refractivity contribution in [2.24, 2.45) is 0 Å². The molecule has 0 aliphatic rings. The smallest absolute Gasteiger partial charge is 0.0987 e. The molecule has 0 spiro atoms. The topological polar surface area (TPSA) is 0 Å². The first-order valence-corrected chi connectivity index (χ1v) is 9.89. The summed E-state index contributed by atoms with van der Waals surface area (Å²) in [5.41, 5.74) is 0.297. The first-order chi connectivity index (χ1) is 6.96. The maximum atomic E-state index is 2.49. The second kappa shape index (κ2) is 3.99. The Kier molecular flexibility index (Phi) is 3.48. The van der Waals surface area contributed by atoms with Crippen molar-refractivity contribution in [1.29, 1.82) is 0 Å². The van der Waals surface area contributed by atoms with Gasteiger partial charge in [0.25, 0.3) is 0 Å². The predicted octanol–water partition coefficient (Wildman–Crippen LogP) is 4.76. The minimum Gasteiger partial charge on any atom is -0.150 e. The van der Waals surface area contributed by atoms with E-state index in [-0.39, 0.29) is 0 Å². The van der Waals surface area contributed by atoms with E-state index in [0.717, 1.165) is 0 Å². The maximum Gasteiger partial charge on any atom is 0.0987 e. The molecule has 0 aromatic carbocycles. The first kappa shape index (κ1) is 14.0. The molecule has 0 radical (unpaired) electrons. The fourth-order valence-electron chi connectivity index (χ4n) is 1.45. The molecule has 0 saturated carbocycles. The lowest BCUT2D eigenvalue weighted by molar-refractivity contribution is 0.604. The van der Waals surface area contributed by atoms with E-state index in [0.29, 0.717) is 10.5 Å². The third-order valence-corrected chi connectivity index (χ3v) is 12.1. The largest absolute Gasteiger partial charge is 0.150 e. The van der Waals surface area contributed by atoms with Gasteiger partial charge in [-0.2, -0.15) is 0 Å². The normalized spacial score (nSPS) is 14.2. The summed E-state index contributed by atoms with van der Waals surface area (Å²) in [4.78, 5) is 1.52. The Labute approximate surface area is 106 Å². The Balaban J connectivity index is 3.13. The Bertz CT molecular complexity index is 361. The lowest BCUT2D eigenvalue weighted by Crippen LogP contribution is -2.47. The summed E-state index contributed by atoms with van der Waals surface area (Å²) in [7, 11) is -1.32. The molecule has 1 aromatic rings. The molecule has 0 aliphatic carbocycles. The van der Waals surface area contributed by atoms with Crippen LogP contribution < -0.4 is 4.50 Å². The highest BCUT2D eigenvalue weighted by atomic mass is 32.1. The highest BCUT2D eigenvalue weighted by Gasteiger charge is 2.38. The third kappa shape index (κ3) is 2.59. The van der Waals surface area contributed by atoms with Gasteiger partial charge in [-0.1, -0.05) is 60.7 Å². The van der Waals surface area contributed by atoms with Crippen LogP contribution in [0.15, 0.2) is 12.1 Å². The second-order valence-corrected chi connectivity index (χ2v) is 14.0. The number of rotatable bonds is 1. The van der Waals surface area contributed by atoms with Gasteiger partial charge in [0.1, 0.15) is 0 Å². The Hall–Kier alpha value is -0.0831. The Morgan fingerprint density at radius 1 is 0.938 bits per heavy atom. The molecule has 0 saturated heterocycles. The Morgan fingerprint density at radius 2 is 1.44 bits per heavy atom. The van der Waals surface area contributed by atoms with E-state index in [1.54, 1.807) is 4.50 Å². The van der Waals surface area contributed by atoms with Crippen LogP contribution in [0.1, 0.15) is 46.4 Å². The molecule has 92 valence electrons. The van der Waals surface area contributed by atoms with Crippen molar-refractivity contribution in [3.05, 3.63) is 17.0 Å². The maximum absolute atomic E-state index is 2.49. The molecule has 1 aromatic heterocycles. The van der Waals surface area contributed by atoms with E-state index in [4.69, 9.17) is 0 Å². The van der Waals surface area contributed by atoms with Gasteiger partial charge in [-0.3, -0.25) is 0 Å². The van der Waals surface area contributed by atoms with Crippen molar-refractivity contribution in [2.45, 2.75) is 65.1 Å². The van der Waals surface area contributed by atoms with Crippen molar-refractivity contribution in [3.63, 3.8) is 0 Å². The molecule has 1 heterocycles. The summed E-state index contributed by atoms with van der Waals surface area (Å²) < 4.78 is 1.64. The molecule has 1 rings (SSSR count). The molecule has 0 unspecified atom stereocenters. The number of hydrogen-bond donors (Lipinski definition) is 0. The van der Waals surface area contributed by atoms with E-state index < -0.39 is 8.07 Å². The molecule has 0 amide bonds. The highest BCUT2D eigenvalue weighted by molar-refractivity contribution is 7.27. The van der Waals surface area contributed by atoms with E-state index in [1.807, 2.05) is 11.3 Å². The van der Waals surface area contributed by atoms with Crippen LogP contribution in [0.4, 0.5) is 0 Å². The van der Waals surface area contributed by atoms with Gasteiger partial charge in [-0.15, -0.1) is 11.3 Å². The molecule has 0 nitrogen and oxygen atoms in total. The zero-order valence-corrected chi connectivity index (χ0v) is 13.9. The van der Waals surface area contributed by atoms with Gasteiger partial charge in [0.2, 0.25) is 0 Å². The van der Waals surface area contributed by atoms with Crippen molar-refractivity contribution in [2.75, 3.05) is 0 Å². The van der Waals surface area contributed by atoms with E-state index in [1.165, 1.54) is 4.88 Å². The fourth-order valence-corrected chi connectivity index (χ4v) is 5.77. The summed E-state index contributed by atoms with van der Waals surface area (Å²) in [5.74, 6) is 0. The van der Waals surface area contributed by atoms with Crippen molar-refractivity contribution < 1.29 is 0 Å². The molecule has 0 bridgehead atoms. The average Bonchev–Trinajstić information content (AvgIpc) is 2.47. The van der Waals surface area contributed by atoms with Gasteiger partial charge in [-0.25, -0.2) is 0 Å². The summed E-state index contributed by atoms with van der Waals surface area (Å²) in [6.45, 7) is 19.0. The van der Waals surface area contributed by atoms with E-state index in [2.05, 4.69) is 66.8 Å². The molecule has 0 N–H and O–H groups in total. The molecular formula is C14H26SSi. The lowest BCUT2D eigenvalue weighted by atomic mass is 9.95. The molecule has 16 heavy (non-hydrogen) atoms. The lowest BCUT2D eigenvalue weighted by Gasteiger charge is -2.36. The van der Waals surface area contributed by atoms with Gasteiger partial charge in [0.15, 0.2) is 0 Å². The molecule has 0 atom stereocenters. The molecule has 2 heteroatoms. The minimum absolute atomic E-state index is 0.297. The van der Waals surface area contributed by atoms with Crippen LogP contribution in [0, 0.1) is 0 Å². The van der Waals surface area contributed by atoms with Crippen molar-refractivity contribution in [1.82, 2.24) is 0 Å². The Morgan fingerprint density at radius 3 is 1.75 bits per heavy atom. The minimum atomic E-state index is -1.32. The quantitative estimate of drug-likeness (QED) is 0.634. The van der Waals surface area contributed by atoms with Crippen LogP contribution in [-0.2, 0) is 5.41 Å². The van der Waals surface area contributed by atoms with Gasteiger partial charge < -0.3 is 0 Å². The monoisotopic (exact) mass is 254 g/mol. The van der Waals surface area contributed by atoms with Crippen LogP contribution >= 0.6 is 11.3 Å². The summed E-state index contributed by atoms with van der Waals surface area (Å²) >= 11 is 2.04. The van der Waals surface area contributed by atoms with Crippen LogP contribution in [0.3, 0.4) is 0 Å².